The monoisotopic (exact) mass is 694 g/mol. The van der Waals surface area contributed by atoms with Gasteiger partial charge in [-0.05, 0) is 76.2 Å². The maximum atomic E-state index is 17.0. The molecule has 3 saturated heterocycles. The van der Waals surface area contributed by atoms with Gasteiger partial charge < -0.3 is 19.5 Å². The van der Waals surface area contributed by atoms with Crippen molar-refractivity contribution in [3.8, 4) is 17.3 Å². The fraction of sp³-hybridized carbons (Fsp3) is 0.629. The highest BCUT2D eigenvalue weighted by molar-refractivity contribution is 6.76. The fourth-order valence-electron chi connectivity index (χ4n) is 7.79. The maximum Gasteiger partial charge on any atom is 0.319 e. The van der Waals surface area contributed by atoms with Crippen LogP contribution in [-0.4, -0.2) is 105 Å². The zero-order valence-electron chi connectivity index (χ0n) is 29.5. The number of ether oxygens (including phenoxy) is 2. The lowest BCUT2D eigenvalue weighted by Crippen LogP contribution is -2.46. The zero-order valence-corrected chi connectivity index (χ0v) is 30.5. The molecule has 3 aliphatic rings. The van der Waals surface area contributed by atoms with Crippen molar-refractivity contribution < 1.29 is 23.4 Å². The number of fused-ring (bicyclic) bond motifs is 3. The topological polar surface area (TPSA) is 115 Å². The Morgan fingerprint density at radius 2 is 1.90 bits per heavy atom. The first-order valence-electron chi connectivity index (χ1n) is 17.5. The Balaban J connectivity index is 1.29. The number of benzene rings is 1. The third-order valence-electron chi connectivity index (χ3n) is 10.6. The molecule has 0 amide bonds. The number of pyridine rings is 1. The number of aliphatic hydroxyl groups is 1. The molecule has 6 heterocycles. The number of aryl methyl sites for hydroxylation is 1. The van der Waals surface area contributed by atoms with E-state index in [4.69, 9.17) is 14.5 Å². The second-order valence-corrected chi connectivity index (χ2v) is 21.5. The highest BCUT2D eigenvalue weighted by Gasteiger charge is 2.49. The minimum Gasteiger partial charge on any atom is -0.461 e. The van der Waals surface area contributed by atoms with Gasteiger partial charge >= 0.3 is 6.01 Å². The summed E-state index contributed by atoms with van der Waals surface area (Å²) in [5.41, 5.74) is 2.44. The van der Waals surface area contributed by atoms with Gasteiger partial charge in [0.2, 0.25) is 0 Å². The van der Waals surface area contributed by atoms with E-state index in [1.54, 1.807) is 17.8 Å². The average molecular weight is 695 g/mol. The van der Waals surface area contributed by atoms with Crippen molar-refractivity contribution in [2.45, 2.75) is 103 Å². The first-order valence-corrected chi connectivity index (χ1v) is 21.2. The van der Waals surface area contributed by atoms with Crippen molar-refractivity contribution in [2.24, 2.45) is 0 Å². The first-order chi connectivity index (χ1) is 23.2. The summed E-state index contributed by atoms with van der Waals surface area (Å²) in [6.45, 7) is 15.9. The summed E-state index contributed by atoms with van der Waals surface area (Å²) in [6.07, 6.45) is 4.32. The molecule has 49 heavy (non-hydrogen) atoms. The average Bonchev–Trinajstić information content (AvgIpc) is 3.70. The molecule has 11 nitrogen and oxygen atoms in total. The molecule has 4 aromatic rings. The lowest BCUT2D eigenvalue weighted by atomic mass is 9.95. The van der Waals surface area contributed by atoms with E-state index < -0.39 is 31.2 Å². The highest BCUT2D eigenvalue weighted by atomic mass is 28.3. The number of β-amino-alcohol motifs (C(OH)–C–C–N with tert-alkyl or cyclic N) is 1. The van der Waals surface area contributed by atoms with Gasteiger partial charge in [-0.3, -0.25) is 9.88 Å². The third-order valence-corrected chi connectivity index (χ3v) is 12.3. The zero-order chi connectivity index (χ0) is 34.7. The van der Waals surface area contributed by atoms with Crippen molar-refractivity contribution in [1.82, 2.24) is 34.8 Å². The number of piperidine rings is 1. The van der Waals surface area contributed by atoms with Crippen molar-refractivity contribution in [1.29, 1.82) is 0 Å². The Morgan fingerprint density at radius 3 is 2.67 bits per heavy atom. The van der Waals surface area contributed by atoms with Gasteiger partial charge in [-0.2, -0.15) is 9.97 Å². The Bertz CT molecular complexity index is 1880. The highest BCUT2D eigenvalue weighted by Crippen LogP contribution is 2.41. The van der Waals surface area contributed by atoms with Gasteiger partial charge in [-0.15, -0.1) is 5.10 Å². The van der Waals surface area contributed by atoms with Crippen LogP contribution in [0.5, 0.6) is 6.01 Å². The molecule has 264 valence electrons. The summed E-state index contributed by atoms with van der Waals surface area (Å²) in [4.78, 5) is 18.2. The van der Waals surface area contributed by atoms with E-state index in [0.29, 0.717) is 61.4 Å². The normalized spacial score (nSPS) is 24.8. The van der Waals surface area contributed by atoms with E-state index >= 15 is 4.39 Å². The largest absolute Gasteiger partial charge is 0.461 e. The quantitative estimate of drug-likeness (QED) is 0.161. The molecule has 1 aromatic carbocycles. The molecule has 0 unspecified atom stereocenters. The van der Waals surface area contributed by atoms with Gasteiger partial charge in [-0.25, -0.2) is 13.5 Å². The van der Waals surface area contributed by atoms with Crippen molar-refractivity contribution in [2.75, 3.05) is 44.3 Å². The Hall–Kier alpha value is -3.33. The SMILES string of the molecule is Cc1cc2c(nnn2COCC[Si](C)(C)C)c(-c2ncc3c(N4CCC[C@@](C)(O)C4)nc(OC[C@@]45CCCN4C[C@H](F)C5)nc3c2F)c1C. The smallest absolute Gasteiger partial charge is 0.319 e. The standard InChI is InChI=1S/C35H48F2N8O3Si/c1-22-15-26-30(41-42-45(26)21-47-13-14-49(4,5)6)27(23(22)2)31-28(37)29-25(17-38-31)32(43-11-7-9-34(3,46)19-43)40-33(39-29)48-20-35-10-8-12-44(35)18-24(36)16-35/h15,17,24,46H,7-14,16,18-21H2,1-6H3/t24-,34-,35+/m1/s1. The van der Waals surface area contributed by atoms with Crippen LogP contribution in [0.4, 0.5) is 14.6 Å². The molecule has 3 atom stereocenters. The van der Waals surface area contributed by atoms with Gasteiger partial charge in [0.05, 0.1) is 22.0 Å². The van der Waals surface area contributed by atoms with E-state index in [9.17, 15) is 9.50 Å². The third kappa shape index (κ3) is 6.64. The minimum absolute atomic E-state index is 0.0276. The second kappa shape index (κ2) is 12.8. The molecule has 1 N–H and O–H groups in total. The molecule has 0 spiro atoms. The van der Waals surface area contributed by atoms with Crippen LogP contribution in [0.25, 0.3) is 33.2 Å². The van der Waals surface area contributed by atoms with E-state index in [1.165, 1.54) is 0 Å². The number of halogens is 2. The number of aromatic nitrogens is 6. The first kappa shape index (κ1) is 34.1. The van der Waals surface area contributed by atoms with E-state index in [-0.39, 0.29) is 30.6 Å². The fourth-order valence-corrected chi connectivity index (χ4v) is 8.55. The predicted molar refractivity (Wildman–Crippen MR) is 188 cm³/mol. The number of hydrogen-bond donors (Lipinski definition) is 1. The number of alkyl halides is 1. The lowest BCUT2D eigenvalue weighted by Gasteiger charge is -2.38. The van der Waals surface area contributed by atoms with Gasteiger partial charge in [0, 0.05) is 52.5 Å². The summed E-state index contributed by atoms with van der Waals surface area (Å²) in [7, 11) is -1.25. The lowest BCUT2D eigenvalue weighted by molar-refractivity contribution is 0.0447. The molecule has 0 aliphatic carbocycles. The Labute approximate surface area is 287 Å². The van der Waals surface area contributed by atoms with Gasteiger partial charge in [-0.1, -0.05) is 24.9 Å². The van der Waals surface area contributed by atoms with Crippen molar-refractivity contribution >= 4 is 35.8 Å². The molecule has 0 bridgehead atoms. The Kier molecular flexibility index (Phi) is 8.90. The molecule has 14 heteroatoms. The summed E-state index contributed by atoms with van der Waals surface area (Å²) in [6, 6.07) is 3.06. The summed E-state index contributed by atoms with van der Waals surface area (Å²) < 4.78 is 45.5. The van der Waals surface area contributed by atoms with Crippen LogP contribution in [-0.2, 0) is 11.5 Å². The van der Waals surface area contributed by atoms with Crippen molar-refractivity contribution in [3.05, 3.63) is 29.2 Å². The summed E-state index contributed by atoms with van der Waals surface area (Å²) >= 11 is 0. The van der Waals surface area contributed by atoms with Gasteiger partial charge in [0.15, 0.2) is 5.82 Å². The predicted octanol–water partition coefficient (Wildman–Crippen LogP) is 5.81. The number of hydrogen-bond acceptors (Lipinski definition) is 10. The van der Waals surface area contributed by atoms with Crippen LogP contribution >= 0.6 is 0 Å². The molecule has 3 aromatic heterocycles. The molecular formula is C35H48F2N8O3Si. The molecule has 3 aliphatic heterocycles. The summed E-state index contributed by atoms with van der Waals surface area (Å²) in [5.74, 6) is -0.155. The molecular weight excluding hydrogens is 647 g/mol. The minimum atomic E-state index is -1.25. The van der Waals surface area contributed by atoms with Crippen LogP contribution in [0, 0.1) is 19.7 Å². The van der Waals surface area contributed by atoms with Crippen LogP contribution in [0.15, 0.2) is 12.3 Å². The molecule has 7 rings (SSSR count). The van der Waals surface area contributed by atoms with Crippen LogP contribution < -0.4 is 9.64 Å². The van der Waals surface area contributed by atoms with E-state index in [1.807, 2.05) is 24.8 Å². The molecule has 3 fully saturated rings. The van der Waals surface area contributed by atoms with E-state index in [2.05, 4.69) is 44.8 Å². The number of nitrogens with zero attached hydrogens (tertiary/aromatic N) is 8. The molecule has 0 radical (unpaired) electrons. The maximum absolute atomic E-state index is 17.0. The molecule has 0 saturated carbocycles. The second-order valence-electron chi connectivity index (χ2n) is 15.9. The van der Waals surface area contributed by atoms with Crippen LogP contribution in [0.1, 0.15) is 50.2 Å². The van der Waals surface area contributed by atoms with Crippen molar-refractivity contribution in [3.63, 3.8) is 0 Å². The number of rotatable bonds is 10. The summed E-state index contributed by atoms with van der Waals surface area (Å²) in [5, 5.41) is 20.3. The number of anilines is 1. The van der Waals surface area contributed by atoms with Gasteiger partial charge in [0.25, 0.3) is 0 Å². The van der Waals surface area contributed by atoms with E-state index in [0.717, 1.165) is 48.5 Å². The Morgan fingerprint density at radius 1 is 1.10 bits per heavy atom. The van der Waals surface area contributed by atoms with Crippen LogP contribution in [0.2, 0.25) is 25.7 Å². The van der Waals surface area contributed by atoms with Crippen LogP contribution in [0.3, 0.4) is 0 Å². The van der Waals surface area contributed by atoms with Gasteiger partial charge in [0.1, 0.15) is 42.1 Å².